The summed E-state index contributed by atoms with van der Waals surface area (Å²) in [4.78, 5) is 11.1. The van der Waals surface area contributed by atoms with Gasteiger partial charge in [0.2, 0.25) is 0 Å². The third-order valence-electron chi connectivity index (χ3n) is 2.40. The van der Waals surface area contributed by atoms with Crippen LogP contribution >= 0.6 is 0 Å². The lowest BCUT2D eigenvalue weighted by atomic mass is 10.2. The van der Waals surface area contributed by atoms with Gasteiger partial charge in [0.05, 0.1) is 26.0 Å². The first-order valence-corrected chi connectivity index (χ1v) is 6.56. The molecule has 0 aliphatic rings. The highest BCUT2D eigenvalue weighted by atomic mass is 16.5. The fourth-order valence-corrected chi connectivity index (χ4v) is 1.43. The Kier molecular flexibility index (Phi) is 6.75. The van der Waals surface area contributed by atoms with Crippen LogP contribution in [0.2, 0.25) is 0 Å². The van der Waals surface area contributed by atoms with E-state index in [1.807, 2.05) is 0 Å². The molecule has 1 aromatic rings. The van der Waals surface area contributed by atoms with E-state index in [4.69, 9.17) is 14.7 Å². The molecule has 0 spiro atoms. The number of rotatable bonds is 7. The Bertz CT molecular complexity index is 548. The van der Waals surface area contributed by atoms with Gasteiger partial charge in [0, 0.05) is 0 Å². The van der Waals surface area contributed by atoms with Crippen LogP contribution in [-0.4, -0.2) is 25.8 Å². The van der Waals surface area contributed by atoms with Crippen molar-refractivity contribution in [3.05, 3.63) is 23.8 Å². The fraction of sp³-hybridized carbons (Fsp3) is 0.400. The van der Waals surface area contributed by atoms with Gasteiger partial charge in [-0.25, -0.2) is 5.43 Å². The van der Waals surface area contributed by atoms with E-state index in [1.165, 1.54) is 6.21 Å². The monoisotopic (exact) mass is 289 g/mol. The molecule has 6 nitrogen and oxygen atoms in total. The van der Waals surface area contributed by atoms with Gasteiger partial charge in [-0.3, -0.25) is 4.79 Å². The van der Waals surface area contributed by atoms with E-state index in [0.717, 1.165) is 5.56 Å². The molecule has 0 heterocycles. The van der Waals surface area contributed by atoms with Gasteiger partial charge in [0.1, 0.15) is 6.42 Å². The number of carbonyl (C=O) groups excluding carboxylic acids is 1. The second-order valence-electron chi connectivity index (χ2n) is 4.74. The average molecular weight is 289 g/mol. The summed E-state index contributed by atoms with van der Waals surface area (Å²) in [5, 5.41) is 12.1. The Morgan fingerprint density at radius 3 is 2.86 bits per heavy atom. The number of hydrogen-bond donors (Lipinski definition) is 1. The minimum atomic E-state index is -0.447. The Balaban J connectivity index is 2.71. The minimum Gasteiger partial charge on any atom is -0.493 e. The number of nitriles is 1. The second-order valence-corrected chi connectivity index (χ2v) is 4.74. The number of ether oxygens (including phenoxy) is 2. The summed E-state index contributed by atoms with van der Waals surface area (Å²) >= 11 is 0. The molecule has 0 radical (unpaired) electrons. The zero-order valence-electron chi connectivity index (χ0n) is 12.4. The molecule has 0 aromatic heterocycles. The van der Waals surface area contributed by atoms with Crippen LogP contribution in [0.15, 0.2) is 23.3 Å². The number of nitrogens with zero attached hydrogens (tertiary/aromatic N) is 2. The fourth-order valence-electron chi connectivity index (χ4n) is 1.43. The van der Waals surface area contributed by atoms with E-state index in [-0.39, 0.29) is 6.42 Å². The molecule has 112 valence electrons. The van der Waals surface area contributed by atoms with E-state index in [1.54, 1.807) is 31.4 Å². The maximum absolute atomic E-state index is 11.1. The first kappa shape index (κ1) is 16.5. The molecule has 0 fully saturated rings. The predicted molar refractivity (Wildman–Crippen MR) is 79.3 cm³/mol. The molecule has 21 heavy (non-hydrogen) atoms. The van der Waals surface area contributed by atoms with E-state index in [9.17, 15) is 4.79 Å². The molecule has 0 atom stereocenters. The van der Waals surface area contributed by atoms with E-state index in [2.05, 4.69) is 24.4 Å². The topological polar surface area (TPSA) is 83.7 Å². The lowest BCUT2D eigenvalue weighted by Gasteiger charge is -2.12. The summed E-state index contributed by atoms with van der Waals surface area (Å²) in [6.45, 7) is 4.74. The summed E-state index contributed by atoms with van der Waals surface area (Å²) < 4.78 is 10.9. The van der Waals surface area contributed by atoms with Crippen molar-refractivity contribution in [3.63, 3.8) is 0 Å². The number of amides is 1. The number of benzene rings is 1. The van der Waals surface area contributed by atoms with Crippen LogP contribution in [0.1, 0.15) is 25.8 Å². The van der Waals surface area contributed by atoms with Crippen LogP contribution in [0.4, 0.5) is 0 Å². The Morgan fingerprint density at radius 2 is 2.24 bits per heavy atom. The molecule has 1 aromatic carbocycles. The first-order valence-electron chi connectivity index (χ1n) is 6.56. The van der Waals surface area contributed by atoms with Crippen molar-refractivity contribution in [2.75, 3.05) is 13.7 Å². The molecule has 0 saturated heterocycles. The van der Waals surface area contributed by atoms with E-state index in [0.29, 0.717) is 24.0 Å². The van der Waals surface area contributed by atoms with Crippen molar-refractivity contribution in [3.8, 4) is 17.6 Å². The highest BCUT2D eigenvalue weighted by molar-refractivity contribution is 5.83. The van der Waals surface area contributed by atoms with Gasteiger partial charge in [-0.15, -0.1) is 0 Å². The standard InChI is InChI=1S/C15H19N3O3/c1-11(2)10-21-13-5-4-12(8-14(13)20-3)9-17-18-15(19)6-7-16/h4-5,8-9,11H,6,10H2,1-3H3,(H,18,19)/b17-9-. The van der Waals surface area contributed by atoms with Crippen molar-refractivity contribution in [2.45, 2.75) is 20.3 Å². The summed E-state index contributed by atoms with van der Waals surface area (Å²) in [7, 11) is 1.56. The van der Waals surface area contributed by atoms with Crippen molar-refractivity contribution < 1.29 is 14.3 Å². The van der Waals surface area contributed by atoms with Crippen LogP contribution in [-0.2, 0) is 4.79 Å². The molecule has 0 aliphatic heterocycles. The van der Waals surface area contributed by atoms with Gasteiger partial charge in [-0.1, -0.05) is 13.8 Å². The predicted octanol–water partition coefficient (Wildman–Crippen LogP) is 2.09. The molecule has 0 bridgehead atoms. The van der Waals surface area contributed by atoms with E-state index < -0.39 is 5.91 Å². The van der Waals surface area contributed by atoms with Gasteiger partial charge < -0.3 is 9.47 Å². The van der Waals surface area contributed by atoms with Gasteiger partial charge in [0.25, 0.3) is 5.91 Å². The summed E-state index contributed by atoms with van der Waals surface area (Å²) in [5.74, 6) is 1.24. The van der Waals surface area contributed by atoms with Crippen LogP contribution in [0.3, 0.4) is 0 Å². The quantitative estimate of drug-likeness (QED) is 0.615. The normalized spacial score (nSPS) is 10.4. The number of nitrogens with one attached hydrogen (secondary N) is 1. The summed E-state index contributed by atoms with van der Waals surface area (Å²) in [6, 6.07) is 7.10. The maximum Gasteiger partial charge on any atom is 0.254 e. The molecule has 1 N–H and O–H groups in total. The molecular weight excluding hydrogens is 270 g/mol. The zero-order valence-corrected chi connectivity index (χ0v) is 12.4. The average Bonchev–Trinajstić information content (AvgIpc) is 2.45. The number of carbonyl (C=O) groups is 1. The van der Waals surface area contributed by atoms with Crippen LogP contribution in [0.5, 0.6) is 11.5 Å². The minimum absolute atomic E-state index is 0.220. The molecular formula is C15H19N3O3. The van der Waals surface area contributed by atoms with Gasteiger partial charge >= 0.3 is 0 Å². The van der Waals surface area contributed by atoms with Crippen LogP contribution in [0, 0.1) is 17.2 Å². The number of hydrogen-bond acceptors (Lipinski definition) is 5. The van der Waals surface area contributed by atoms with Gasteiger partial charge in [0.15, 0.2) is 11.5 Å². The third kappa shape index (κ3) is 5.95. The zero-order chi connectivity index (χ0) is 15.7. The highest BCUT2D eigenvalue weighted by Gasteiger charge is 2.06. The van der Waals surface area contributed by atoms with Crippen LogP contribution in [0.25, 0.3) is 0 Å². The smallest absolute Gasteiger partial charge is 0.254 e. The third-order valence-corrected chi connectivity index (χ3v) is 2.40. The number of methoxy groups -OCH3 is 1. The maximum atomic E-state index is 11.1. The number of hydrazone groups is 1. The largest absolute Gasteiger partial charge is 0.493 e. The molecule has 0 saturated carbocycles. The van der Waals surface area contributed by atoms with Crippen LogP contribution < -0.4 is 14.9 Å². The Hall–Kier alpha value is -2.55. The molecule has 1 amide bonds. The Morgan fingerprint density at radius 1 is 1.48 bits per heavy atom. The molecule has 0 unspecified atom stereocenters. The summed E-state index contributed by atoms with van der Waals surface area (Å²) in [6.07, 6.45) is 1.26. The molecule has 1 rings (SSSR count). The molecule has 0 aliphatic carbocycles. The van der Waals surface area contributed by atoms with Crippen molar-refractivity contribution in [1.29, 1.82) is 5.26 Å². The lowest BCUT2D eigenvalue weighted by molar-refractivity contribution is -0.120. The van der Waals surface area contributed by atoms with Crippen molar-refractivity contribution in [1.82, 2.24) is 5.43 Å². The molecule has 6 heteroatoms. The van der Waals surface area contributed by atoms with Gasteiger partial charge in [-0.2, -0.15) is 10.4 Å². The SMILES string of the molecule is COc1cc(/C=N\NC(=O)CC#N)ccc1OCC(C)C. The van der Waals surface area contributed by atoms with E-state index >= 15 is 0 Å². The first-order chi connectivity index (χ1) is 10.1. The van der Waals surface area contributed by atoms with Gasteiger partial charge in [-0.05, 0) is 29.7 Å². The van der Waals surface area contributed by atoms with Crippen molar-refractivity contribution in [2.24, 2.45) is 11.0 Å². The van der Waals surface area contributed by atoms with Crippen molar-refractivity contribution >= 4 is 12.1 Å². The second kappa shape index (κ2) is 8.59. The lowest BCUT2D eigenvalue weighted by Crippen LogP contribution is -2.16. The Labute approximate surface area is 124 Å². The summed E-state index contributed by atoms with van der Waals surface area (Å²) in [5.41, 5.74) is 3.01. The highest BCUT2D eigenvalue weighted by Crippen LogP contribution is 2.27.